The number of aliphatic carboxylic acids is 1. The molecule has 0 radical (unpaired) electrons. The van der Waals surface area contributed by atoms with E-state index >= 15 is 0 Å². The third-order valence-corrected chi connectivity index (χ3v) is 4.20. The van der Waals surface area contributed by atoms with Gasteiger partial charge in [0.25, 0.3) is 0 Å². The molecule has 4 nitrogen and oxygen atoms in total. The standard InChI is InChI=1S/C19H18O4/c1-11(2)13-5-3-12(4-6-13)7-14-8-15(18(20)21)9-16-17(14)10-23-19(16)22/h3-7,9,11H,8,10H2,1-2H3,(H,20,21). The molecule has 0 bridgehead atoms. The molecule has 4 heteroatoms. The molecule has 2 aliphatic rings. The maximum atomic E-state index is 11.7. The molecule has 1 aliphatic heterocycles. The second kappa shape index (κ2) is 5.88. The second-order valence-corrected chi connectivity index (χ2v) is 6.11. The van der Waals surface area contributed by atoms with Crippen molar-refractivity contribution in [2.24, 2.45) is 0 Å². The van der Waals surface area contributed by atoms with Crippen molar-refractivity contribution >= 4 is 18.0 Å². The van der Waals surface area contributed by atoms with Crippen LogP contribution in [0.5, 0.6) is 0 Å². The van der Waals surface area contributed by atoms with Crippen LogP contribution in [0.4, 0.5) is 0 Å². The van der Waals surface area contributed by atoms with Crippen molar-refractivity contribution in [2.75, 3.05) is 6.61 Å². The van der Waals surface area contributed by atoms with Crippen LogP contribution in [-0.4, -0.2) is 23.7 Å². The fourth-order valence-electron chi connectivity index (χ4n) is 2.82. The highest BCUT2D eigenvalue weighted by atomic mass is 16.5. The van der Waals surface area contributed by atoms with E-state index in [-0.39, 0.29) is 12.2 Å². The molecular weight excluding hydrogens is 292 g/mol. The molecular formula is C19H18O4. The molecule has 0 spiro atoms. The summed E-state index contributed by atoms with van der Waals surface area (Å²) in [5.74, 6) is -0.986. The molecule has 1 aromatic rings. The number of rotatable bonds is 3. The van der Waals surface area contributed by atoms with E-state index in [1.54, 1.807) is 0 Å². The van der Waals surface area contributed by atoms with E-state index in [9.17, 15) is 14.7 Å². The van der Waals surface area contributed by atoms with Crippen molar-refractivity contribution in [2.45, 2.75) is 26.2 Å². The maximum Gasteiger partial charge on any atom is 0.338 e. The lowest BCUT2D eigenvalue weighted by Crippen LogP contribution is -2.10. The van der Waals surface area contributed by atoms with Crippen LogP contribution in [0.15, 0.2) is 52.6 Å². The van der Waals surface area contributed by atoms with Crippen LogP contribution in [-0.2, 0) is 14.3 Å². The molecule has 0 atom stereocenters. The van der Waals surface area contributed by atoms with Crippen molar-refractivity contribution < 1.29 is 19.4 Å². The summed E-state index contributed by atoms with van der Waals surface area (Å²) in [5.41, 5.74) is 4.46. The summed E-state index contributed by atoms with van der Waals surface area (Å²) < 4.78 is 5.06. The highest BCUT2D eigenvalue weighted by Gasteiger charge is 2.31. The number of carbonyl (C=O) groups is 2. The van der Waals surface area contributed by atoms with Crippen molar-refractivity contribution in [3.8, 4) is 0 Å². The largest absolute Gasteiger partial charge is 0.478 e. The molecule has 23 heavy (non-hydrogen) atoms. The highest BCUT2D eigenvalue weighted by molar-refractivity contribution is 6.01. The molecule has 0 saturated carbocycles. The van der Waals surface area contributed by atoms with Crippen LogP contribution in [0.25, 0.3) is 6.08 Å². The van der Waals surface area contributed by atoms with Crippen LogP contribution in [0.2, 0.25) is 0 Å². The maximum absolute atomic E-state index is 11.7. The Kier molecular flexibility index (Phi) is 3.90. The van der Waals surface area contributed by atoms with Gasteiger partial charge < -0.3 is 9.84 Å². The predicted octanol–water partition coefficient (Wildman–Crippen LogP) is 3.46. The van der Waals surface area contributed by atoms with Crippen molar-refractivity contribution in [3.63, 3.8) is 0 Å². The minimum Gasteiger partial charge on any atom is -0.478 e. The van der Waals surface area contributed by atoms with Gasteiger partial charge in [-0.25, -0.2) is 9.59 Å². The van der Waals surface area contributed by atoms with Gasteiger partial charge in [0.05, 0.1) is 5.57 Å². The minimum absolute atomic E-state index is 0.215. The van der Waals surface area contributed by atoms with E-state index in [1.165, 1.54) is 11.6 Å². The summed E-state index contributed by atoms with van der Waals surface area (Å²) in [6.45, 7) is 4.49. The van der Waals surface area contributed by atoms with Gasteiger partial charge in [0.15, 0.2) is 0 Å². The number of carboxylic acid groups (broad SMARTS) is 1. The average Bonchev–Trinajstić information content (AvgIpc) is 2.89. The third-order valence-electron chi connectivity index (χ3n) is 4.20. The van der Waals surface area contributed by atoms with E-state index in [0.29, 0.717) is 17.9 Å². The van der Waals surface area contributed by atoms with Crippen LogP contribution in [0.1, 0.15) is 37.3 Å². The first kappa shape index (κ1) is 15.3. The van der Waals surface area contributed by atoms with E-state index in [0.717, 1.165) is 16.7 Å². The van der Waals surface area contributed by atoms with Crippen LogP contribution >= 0.6 is 0 Å². The van der Waals surface area contributed by atoms with E-state index in [1.807, 2.05) is 18.2 Å². The number of ether oxygens (including phenoxy) is 1. The topological polar surface area (TPSA) is 63.6 Å². The van der Waals surface area contributed by atoms with Gasteiger partial charge in [-0.1, -0.05) is 44.2 Å². The SMILES string of the molecule is CC(C)c1ccc(C=C2CC(C(=O)O)=CC3=C2COC3=O)cc1. The smallest absolute Gasteiger partial charge is 0.338 e. The minimum atomic E-state index is -1.00. The number of carboxylic acids is 1. The summed E-state index contributed by atoms with van der Waals surface area (Å²) in [6, 6.07) is 8.16. The summed E-state index contributed by atoms with van der Waals surface area (Å²) in [5, 5.41) is 9.26. The van der Waals surface area contributed by atoms with Crippen LogP contribution < -0.4 is 0 Å². The third kappa shape index (κ3) is 2.97. The lowest BCUT2D eigenvalue weighted by molar-refractivity contribution is -0.135. The molecule has 1 aromatic carbocycles. The molecule has 118 valence electrons. The number of hydrogen-bond donors (Lipinski definition) is 1. The zero-order chi connectivity index (χ0) is 16.6. The Labute approximate surface area is 134 Å². The Morgan fingerprint density at radius 3 is 2.57 bits per heavy atom. The number of carbonyl (C=O) groups excluding carboxylic acids is 1. The zero-order valence-electron chi connectivity index (χ0n) is 13.1. The first-order valence-electron chi connectivity index (χ1n) is 7.60. The van der Waals surface area contributed by atoms with Gasteiger partial charge in [-0.3, -0.25) is 0 Å². The second-order valence-electron chi connectivity index (χ2n) is 6.11. The van der Waals surface area contributed by atoms with Crippen molar-refractivity contribution in [1.82, 2.24) is 0 Å². The summed E-state index contributed by atoms with van der Waals surface area (Å²) >= 11 is 0. The fraction of sp³-hybridized carbons (Fsp3) is 0.263. The first-order chi connectivity index (χ1) is 11.0. The Hall–Kier alpha value is -2.62. The van der Waals surface area contributed by atoms with Gasteiger partial charge >= 0.3 is 11.9 Å². The Morgan fingerprint density at radius 1 is 1.26 bits per heavy atom. The van der Waals surface area contributed by atoms with E-state index in [4.69, 9.17) is 4.74 Å². The number of cyclic esters (lactones) is 1. The number of benzene rings is 1. The normalized spacial score (nSPS) is 19.0. The molecule has 3 rings (SSSR count). The van der Waals surface area contributed by atoms with Gasteiger partial charge in [-0.2, -0.15) is 0 Å². The van der Waals surface area contributed by atoms with Gasteiger partial charge in [-0.15, -0.1) is 0 Å². The highest BCUT2D eigenvalue weighted by Crippen LogP contribution is 2.35. The lowest BCUT2D eigenvalue weighted by atomic mass is 9.87. The molecule has 1 aliphatic carbocycles. The molecule has 0 fully saturated rings. The summed E-state index contributed by atoms with van der Waals surface area (Å²) in [4.78, 5) is 23.0. The van der Waals surface area contributed by atoms with Crippen LogP contribution in [0, 0.1) is 0 Å². The molecule has 1 N–H and O–H groups in total. The van der Waals surface area contributed by atoms with E-state index < -0.39 is 11.9 Å². The molecule has 1 heterocycles. The fourth-order valence-corrected chi connectivity index (χ4v) is 2.82. The van der Waals surface area contributed by atoms with Crippen molar-refractivity contribution in [3.05, 3.63) is 63.8 Å². The Balaban J connectivity index is 1.98. The lowest BCUT2D eigenvalue weighted by Gasteiger charge is -2.14. The zero-order valence-corrected chi connectivity index (χ0v) is 13.1. The molecule has 0 saturated heterocycles. The Bertz CT molecular complexity index is 761. The quantitative estimate of drug-likeness (QED) is 0.868. The summed E-state index contributed by atoms with van der Waals surface area (Å²) in [6.07, 6.45) is 3.68. The van der Waals surface area contributed by atoms with Gasteiger partial charge in [0, 0.05) is 17.6 Å². The van der Waals surface area contributed by atoms with Gasteiger partial charge in [-0.05, 0) is 28.7 Å². The molecule has 0 unspecified atom stereocenters. The summed E-state index contributed by atoms with van der Waals surface area (Å²) in [7, 11) is 0. The predicted molar refractivity (Wildman–Crippen MR) is 86.8 cm³/mol. The monoisotopic (exact) mass is 310 g/mol. The Morgan fingerprint density at radius 2 is 1.96 bits per heavy atom. The van der Waals surface area contributed by atoms with Crippen molar-refractivity contribution in [1.29, 1.82) is 0 Å². The number of hydrogen-bond acceptors (Lipinski definition) is 3. The van der Waals surface area contributed by atoms with E-state index in [2.05, 4.69) is 26.0 Å². The number of esters is 1. The van der Waals surface area contributed by atoms with Gasteiger partial charge in [0.2, 0.25) is 0 Å². The molecule has 0 aromatic heterocycles. The first-order valence-corrected chi connectivity index (χ1v) is 7.60. The molecule has 0 amide bonds. The average molecular weight is 310 g/mol. The van der Waals surface area contributed by atoms with Gasteiger partial charge in [0.1, 0.15) is 6.61 Å². The van der Waals surface area contributed by atoms with Crippen LogP contribution in [0.3, 0.4) is 0 Å².